The topological polar surface area (TPSA) is 96.9 Å². The molecule has 0 aromatic carbocycles. The fourth-order valence-electron chi connectivity index (χ4n) is 1.06. The summed E-state index contributed by atoms with van der Waals surface area (Å²) in [5.41, 5.74) is 4.84. The molecule has 0 aromatic heterocycles. The number of hydrogen-bond acceptors (Lipinski definition) is 4. The van der Waals surface area contributed by atoms with Gasteiger partial charge in [-0.25, -0.2) is 0 Å². The van der Waals surface area contributed by atoms with E-state index < -0.39 is 11.5 Å². The summed E-state index contributed by atoms with van der Waals surface area (Å²) in [5.74, 6) is -1.07. The van der Waals surface area contributed by atoms with Gasteiger partial charge in [-0.15, -0.1) is 0 Å². The Morgan fingerprint density at radius 2 is 2.20 bits per heavy atom. The van der Waals surface area contributed by atoms with E-state index in [1.54, 1.807) is 14.0 Å². The van der Waals surface area contributed by atoms with Gasteiger partial charge in [0.05, 0.1) is 18.1 Å². The molecule has 0 bridgehead atoms. The van der Waals surface area contributed by atoms with Gasteiger partial charge in [-0.2, -0.15) is 0 Å². The normalized spacial score (nSPS) is 14.8. The third-order valence-electron chi connectivity index (χ3n) is 1.92. The summed E-state index contributed by atoms with van der Waals surface area (Å²) in [7, 11) is 1.56. The predicted molar refractivity (Wildman–Crippen MR) is 56.7 cm³/mol. The SMILES string of the molecule is COCC(C)(C)NC(=O)C(C)C(N)=NO. The molecule has 0 saturated heterocycles. The Kier molecular flexibility index (Phi) is 5.07. The van der Waals surface area contributed by atoms with Gasteiger partial charge in [-0.3, -0.25) is 4.79 Å². The number of carbonyl (C=O) groups is 1. The molecule has 88 valence electrons. The van der Waals surface area contributed by atoms with Crippen molar-refractivity contribution in [3.8, 4) is 0 Å². The Labute approximate surface area is 89.5 Å². The van der Waals surface area contributed by atoms with E-state index in [0.29, 0.717) is 6.61 Å². The van der Waals surface area contributed by atoms with E-state index in [4.69, 9.17) is 15.7 Å². The van der Waals surface area contributed by atoms with Crippen LogP contribution in [0, 0.1) is 5.92 Å². The van der Waals surface area contributed by atoms with Crippen LogP contribution in [0.15, 0.2) is 5.16 Å². The molecular formula is C9H19N3O3. The number of amides is 1. The molecule has 1 amide bonds. The van der Waals surface area contributed by atoms with Gasteiger partial charge in [0.15, 0.2) is 5.84 Å². The Balaban J connectivity index is 4.36. The molecule has 0 radical (unpaired) electrons. The minimum atomic E-state index is -0.661. The lowest BCUT2D eigenvalue weighted by molar-refractivity contribution is -0.124. The maximum atomic E-state index is 11.6. The van der Waals surface area contributed by atoms with Crippen molar-refractivity contribution >= 4 is 11.7 Å². The summed E-state index contributed by atoms with van der Waals surface area (Å²) in [6.07, 6.45) is 0. The number of nitrogens with one attached hydrogen (secondary N) is 1. The molecule has 0 saturated carbocycles. The average Bonchev–Trinajstić information content (AvgIpc) is 2.14. The van der Waals surface area contributed by atoms with E-state index in [2.05, 4.69) is 10.5 Å². The molecular weight excluding hydrogens is 198 g/mol. The Morgan fingerprint density at radius 1 is 1.67 bits per heavy atom. The van der Waals surface area contributed by atoms with Crippen molar-refractivity contribution < 1.29 is 14.7 Å². The van der Waals surface area contributed by atoms with Gasteiger partial charge in [0.25, 0.3) is 0 Å². The maximum Gasteiger partial charge on any atom is 0.231 e. The summed E-state index contributed by atoms with van der Waals surface area (Å²) in [5, 5.41) is 13.9. The van der Waals surface area contributed by atoms with Gasteiger partial charge < -0.3 is 21.0 Å². The lowest BCUT2D eigenvalue weighted by Crippen LogP contribution is -2.50. The van der Waals surface area contributed by atoms with Crippen molar-refractivity contribution in [2.24, 2.45) is 16.8 Å². The Hall–Kier alpha value is -1.30. The van der Waals surface area contributed by atoms with E-state index in [1.807, 2.05) is 13.8 Å². The summed E-state index contributed by atoms with van der Waals surface area (Å²) in [6, 6.07) is 0. The van der Waals surface area contributed by atoms with Crippen LogP contribution in [-0.4, -0.2) is 36.2 Å². The van der Waals surface area contributed by atoms with Crippen LogP contribution in [0.5, 0.6) is 0 Å². The molecule has 15 heavy (non-hydrogen) atoms. The molecule has 0 aliphatic carbocycles. The minimum absolute atomic E-state index is 0.110. The zero-order valence-electron chi connectivity index (χ0n) is 9.57. The fourth-order valence-corrected chi connectivity index (χ4v) is 1.06. The van der Waals surface area contributed by atoms with E-state index in [1.165, 1.54) is 0 Å². The lowest BCUT2D eigenvalue weighted by atomic mass is 10.0. The number of nitrogens with zero attached hydrogens (tertiary/aromatic N) is 1. The van der Waals surface area contributed by atoms with E-state index in [0.717, 1.165) is 0 Å². The van der Waals surface area contributed by atoms with Crippen molar-refractivity contribution in [1.29, 1.82) is 0 Å². The molecule has 0 aromatic rings. The van der Waals surface area contributed by atoms with Crippen LogP contribution >= 0.6 is 0 Å². The number of hydrogen-bond donors (Lipinski definition) is 3. The van der Waals surface area contributed by atoms with Crippen molar-refractivity contribution in [1.82, 2.24) is 5.32 Å². The Morgan fingerprint density at radius 3 is 2.60 bits per heavy atom. The quantitative estimate of drug-likeness (QED) is 0.259. The second-order valence-corrected chi connectivity index (χ2v) is 4.05. The standard InChI is InChI=1S/C9H19N3O3/c1-6(7(10)12-14)8(13)11-9(2,3)5-15-4/h6,14H,5H2,1-4H3,(H2,10,12)(H,11,13). The molecule has 6 heteroatoms. The summed E-state index contributed by atoms with van der Waals surface area (Å²) < 4.78 is 4.95. The molecule has 0 aliphatic heterocycles. The second-order valence-electron chi connectivity index (χ2n) is 4.05. The first kappa shape index (κ1) is 13.7. The highest BCUT2D eigenvalue weighted by Gasteiger charge is 2.25. The van der Waals surface area contributed by atoms with Crippen LogP contribution in [0.2, 0.25) is 0 Å². The number of methoxy groups -OCH3 is 1. The first-order chi connectivity index (χ1) is 6.84. The summed E-state index contributed by atoms with van der Waals surface area (Å²) in [4.78, 5) is 11.6. The number of rotatable bonds is 5. The minimum Gasteiger partial charge on any atom is -0.409 e. The summed E-state index contributed by atoms with van der Waals surface area (Å²) >= 11 is 0. The number of ether oxygens (including phenoxy) is 1. The van der Waals surface area contributed by atoms with Crippen molar-refractivity contribution in [3.63, 3.8) is 0 Å². The van der Waals surface area contributed by atoms with Crippen molar-refractivity contribution in [2.45, 2.75) is 26.3 Å². The van der Waals surface area contributed by atoms with E-state index >= 15 is 0 Å². The van der Waals surface area contributed by atoms with Crippen molar-refractivity contribution in [3.05, 3.63) is 0 Å². The van der Waals surface area contributed by atoms with Gasteiger partial charge in [0.1, 0.15) is 0 Å². The summed E-state index contributed by atoms with van der Waals surface area (Å²) in [6.45, 7) is 5.61. The zero-order chi connectivity index (χ0) is 12.1. The third kappa shape index (κ3) is 4.64. The van der Waals surface area contributed by atoms with Gasteiger partial charge >= 0.3 is 0 Å². The Bertz CT molecular complexity index is 251. The first-order valence-electron chi connectivity index (χ1n) is 4.62. The number of carbonyl (C=O) groups excluding carboxylic acids is 1. The molecule has 6 nitrogen and oxygen atoms in total. The van der Waals surface area contributed by atoms with Crippen molar-refractivity contribution in [2.75, 3.05) is 13.7 Å². The number of nitrogens with two attached hydrogens (primary N) is 1. The highest BCUT2D eigenvalue weighted by molar-refractivity contribution is 6.01. The highest BCUT2D eigenvalue weighted by Crippen LogP contribution is 2.05. The van der Waals surface area contributed by atoms with E-state index in [9.17, 15) is 4.79 Å². The average molecular weight is 217 g/mol. The van der Waals surface area contributed by atoms with Crippen LogP contribution < -0.4 is 11.1 Å². The highest BCUT2D eigenvalue weighted by atomic mass is 16.5. The van der Waals surface area contributed by atoms with Crippen LogP contribution in [0.3, 0.4) is 0 Å². The largest absolute Gasteiger partial charge is 0.409 e. The van der Waals surface area contributed by atoms with Gasteiger partial charge in [-0.1, -0.05) is 5.16 Å². The molecule has 0 heterocycles. The molecule has 0 rings (SSSR count). The molecule has 4 N–H and O–H groups in total. The first-order valence-corrected chi connectivity index (χ1v) is 4.62. The third-order valence-corrected chi connectivity index (χ3v) is 1.92. The van der Waals surface area contributed by atoms with Gasteiger partial charge in [0.2, 0.25) is 5.91 Å². The van der Waals surface area contributed by atoms with Gasteiger partial charge in [0, 0.05) is 7.11 Å². The maximum absolute atomic E-state index is 11.6. The van der Waals surface area contributed by atoms with Crippen LogP contribution in [0.4, 0.5) is 0 Å². The molecule has 1 unspecified atom stereocenters. The molecule has 1 atom stereocenters. The monoisotopic (exact) mass is 217 g/mol. The second kappa shape index (κ2) is 5.55. The van der Waals surface area contributed by atoms with Gasteiger partial charge in [-0.05, 0) is 20.8 Å². The predicted octanol–water partition coefficient (Wildman–Crippen LogP) is -0.0899. The molecule has 0 spiro atoms. The smallest absolute Gasteiger partial charge is 0.231 e. The van der Waals surface area contributed by atoms with Crippen LogP contribution in [-0.2, 0) is 9.53 Å². The van der Waals surface area contributed by atoms with Crippen LogP contribution in [0.1, 0.15) is 20.8 Å². The molecule has 0 fully saturated rings. The van der Waals surface area contributed by atoms with E-state index in [-0.39, 0.29) is 11.7 Å². The molecule has 0 aliphatic rings. The van der Waals surface area contributed by atoms with Crippen LogP contribution in [0.25, 0.3) is 0 Å². The zero-order valence-corrected chi connectivity index (χ0v) is 9.57. The lowest BCUT2D eigenvalue weighted by Gasteiger charge is -2.26. The number of oxime groups is 1. The fraction of sp³-hybridized carbons (Fsp3) is 0.778. The number of amidine groups is 1.